The summed E-state index contributed by atoms with van der Waals surface area (Å²) in [7, 11) is 5.56. The Hall–Kier alpha value is -7.94. The Morgan fingerprint density at radius 2 is 1.02 bits per heavy atom. The lowest BCUT2D eigenvalue weighted by Gasteiger charge is -2.42. The number of nitrogens with one attached hydrogen (secondary N) is 4. The van der Waals surface area contributed by atoms with Gasteiger partial charge in [0.25, 0.3) is 0 Å². The predicted molar refractivity (Wildman–Crippen MR) is 322 cm³/mol. The minimum Gasteiger partial charge on any atom is -0.385 e. The number of hydrogen-bond acceptors (Lipinski definition) is 14. The normalized spacial score (nSPS) is 25.2. The van der Waals surface area contributed by atoms with Gasteiger partial charge in [-0.3, -0.25) is 47.9 Å². The van der Waals surface area contributed by atoms with Crippen molar-refractivity contribution in [2.75, 3.05) is 74.3 Å². The zero-order valence-corrected chi connectivity index (χ0v) is 51.9. The zero-order valence-electron chi connectivity index (χ0n) is 50.4. The summed E-state index contributed by atoms with van der Waals surface area (Å²) in [6, 6.07) is 5.62. The van der Waals surface area contributed by atoms with E-state index in [0.29, 0.717) is 40.2 Å². The van der Waals surface area contributed by atoms with Crippen LogP contribution in [0.2, 0.25) is 5.02 Å². The van der Waals surface area contributed by atoms with Crippen molar-refractivity contribution in [3.05, 3.63) is 123 Å². The van der Waals surface area contributed by atoms with Crippen molar-refractivity contribution in [3.63, 3.8) is 0 Å². The molecule has 4 fully saturated rings. The maximum atomic E-state index is 15.3. The molecule has 8 rings (SSSR count). The largest absolute Gasteiger partial charge is 0.385 e. The molecule has 4 saturated heterocycles. The molecule has 9 atom stereocenters. The van der Waals surface area contributed by atoms with Gasteiger partial charge in [0, 0.05) is 97.2 Å². The van der Waals surface area contributed by atoms with Crippen LogP contribution in [0.3, 0.4) is 0 Å². The molecular weight excluding hydrogens is 1200 g/mol. The molecule has 0 unspecified atom stereocenters. The average molecular weight is 1270 g/mol. The van der Waals surface area contributed by atoms with Gasteiger partial charge in [-0.1, -0.05) is 48.0 Å². The van der Waals surface area contributed by atoms with Gasteiger partial charge in [0.05, 0.1) is 24.4 Å². The van der Waals surface area contributed by atoms with E-state index in [9.17, 15) is 47.1 Å². The molecule has 0 aliphatic carbocycles. The van der Waals surface area contributed by atoms with E-state index in [2.05, 4.69) is 26.3 Å². The number of thiazole rings is 1. The first-order chi connectivity index (χ1) is 42.6. The van der Waals surface area contributed by atoms with Crippen molar-refractivity contribution < 1.29 is 66.2 Å². The molecule has 4 aliphatic heterocycles. The van der Waals surface area contributed by atoms with Crippen LogP contribution >= 0.6 is 22.9 Å². The summed E-state index contributed by atoms with van der Waals surface area (Å²) in [5.41, 5.74) is 3.45. The van der Waals surface area contributed by atoms with E-state index in [1.54, 1.807) is 35.2 Å². The van der Waals surface area contributed by atoms with Crippen LogP contribution in [0.1, 0.15) is 67.8 Å². The topological polar surface area (TPSA) is 270 Å². The first-order valence-corrected chi connectivity index (χ1v) is 31.0. The Kier molecular flexibility index (Phi) is 23.3. The summed E-state index contributed by atoms with van der Waals surface area (Å²) in [4.78, 5) is 160. The van der Waals surface area contributed by atoms with Crippen molar-refractivity contribution in [1.29, 1.82) is 0 Å². The molecule has 10 amide bonds. The highest BCUT2D eigenvalue weighted by Crippen LogP contribution is 2.27. The number of methoxy groups -OCH3 is 2. The minimum absolute atomic E-state index is 0.00320. The van der Waals surface area contributed by atoms with Crippen LogP contribution in [0.25, 0.3) is 0 Å². The summed E-state index contributed by atoms with van der Waals surface area (Å²) in [5, 5.41) is 13.4. The van der Waals surface area contributed by atoms with Crippen LogP contribution in [-0.4, -0.2) is 222 Å². The van der Waals surface area contributed by atoms with Gasteiger partial charge >= 0.3 is 0 Å². The Balaban J connectivity index is 1.18. The summed E-state index contributed by atoms with van der Waals surface area (Å²) in [6.07, 6.45) is 0.580. The Morgan fingerprint density at radius 3 is 1.55 bits per heavy atom. The molecule has 0 saturated carbocycles. The third-order valence-corrected chi connectivity index (χ3v) is 17.8. The number of aromatic nitrogens is 1. The second-order valence-corrected chi connectivity index (χ2v) is 24.0. The number of likely N-dealkylation sites (N-methyl/N-ethyl adjacent to an activating group) is 2. The summed E-state index contributed by atoms with van der Waals surface area (Å²) < 4.78 is 39.3. The monoisotopic (exact) mass is 1270 g/mol. The number of fused-ring (bicyclic) bond motifs is 3. The maximum absolute atomic E-state index is 15.3. The van der Waals surface area contributed by atoms with Crippen molar-refractivity contribution >= 4 is 82.0 Å². The summed E-state index contributed by atoms with van der Waals surface area (Å²) in [6.45, 7) is 0.819. The first kappa shape index (κ1) is 67.0. The van der Waals surface area contributed by atoms with Crippen LogP contribution < -0.4 is 21.3 Å². The third-order valence-electron chi connectivity index (χ3n) is 16.9. The average Bonchev–Trinajstić information content (AvgIpc) is 2.49. The van der Waals surface area contributed by atoms with Crippen molar-refractivity contribution in [1.82, 2.24) is 55.7 Å². The number of amides is 10. The molecule has 1 aromatic heterocycles. The molecule has 5 heterocycles. The molecule has 3 aromatic carbocycles. The van der Waals surface area contributed by atoms with Crippen molar-refractivity contribution in [3.8, 4) is 0 Å². The Morgan fingerprint density at radius 1 is 0.551 bits per heavy atom. The predicted octanol–water partition coefficient (Wildman–Crippen LogP) is 2.07. The zero-order chi connectivity index (χ0) is 64.1. The number of halogens is 3. The molecule has 4 aliphatic rings. The van der Waals surface area contributed by atoms with Crippen LogP contribution in [0.15, 0.2) is 83.7 Å². The van der Waals surface area contributed by atoms with Gasteiger partial charge in [0.2, 0.25) is 59.1 Å². The molecular formula is C62H76ClF2N11O12S. The fourth-order valence-electron chi connectivity index (χ4n) is 11.7. The quantitative estimate of drug-likeness (QED) is 0.141. The van der Waals surface area contributed by atoms with E-state index in [1.165, 1.54) is 115 Å². The molecule has 89 heavy (non-hydrogen) atoms. The molecule has 23 nitrogen and oxygen atoms in total. The molecule has 0 spiro atoms. The second-order valence-electron chi connectivity index (χ2n) is 22.8. The van der Waals surface area contributed by atoms with E-state index in [-0.39, 0.29) is 90.8 Å². The van der Waals surface area contributed by atoms with Crippen LogP contribution in [0.4, 0.5) is 8.78 Å². The lowest BCUT2D eigenvalue weighted by molar-refractivity contribution is -0.152. The number of hydrogen-bond donors (Lipinski definition) is 4. The van der Waals surface area contributed by atoms with E-state index in [4.69, 9.17) is 21.1 Å². The second kappa shape index (κ2) is 31.0. The number of rotatable bonds is 14. The summed E-state index contributed by atoms with van der Waals surface area (Å²) >= 11 is 7.53. The molecule has 4 N–H and O–H groups in total. The number of carbonyl (C=O) groups is 10. The van der Waals surface area contributed by atoms with Gasteiger partial charge in [-0.15, -0.1) is 11.3 Å². The summed E-state index contributed by atoms with van der Waals surface area (Å²) in [5.74, 6) is -8.18. The standard InChI is InChI=1S/C62H76ClF2N11O12S/c1-37-57(81)73(27-29-88-5)34-53(77)67-47(31-39-12-18-42(64)19-13-39)61(85)76-26-22-51(76)56(80)69-46(30-38-10-16-41(63)17-11-38)59(83)72(3)52(32-40-14-20-43(65)21-15-40)62(86)75-25-7-9-50(75)54(78)68-45(23-28-87-4)60(84)74-24-6-8-49(74)55(79)70-48(58(82)71(37)2)33-44-35-89-36-66-44/h10-21,35-37,45-52H,6-9,22-34H2,1-5H3,(H,67,77)(H,68,78)(H,69,80)(H,70,79)/t37-,45+,46+,47+,48+,49+,50-,51+,52+/m1/s1. The third kappa shape index (κ3) is 16.9. The maximum Gasteiger partial charge on any atom is 0.246 e. The molecule has 0 radical (unpaired) electrons. The highest BCUT2D eigenvalue weighted by atomic mass is 35.5. The van der Waals surface area contributed by atoms with Gasteiger partial charge in [-0.05, 0) is 98.5 Å². The van der Waals surface area contributed by atoms with Gasteiger partial charge in [0.15, 0.2) is 0 Å². The Labute approximate surface area is 524 Å². The number of carbonyl (C=O) groups excluding carboxylic acids is 10. The molecule has 478 valence electrons. The van der Waals surface area contributed by atoms with Crippen LogP contribution in [0, 0.1) is 11.6 Å². The van der Waals surface area contributed by atoms with Gasteiger partial charge in [0.1, 0.15) is 66.0 Å². The smallest absolute Gasteiger partial charge is 0.246 e. The first-order valence-electron chi connectivity index (χ1n) is 29.7. The van der Waals surface area contributed by atoms with Gasteiger partial charge in [-0.2, -0.15) is 0 Å². The fourth-order valence-corrected chi connectivity index (χ4v) is 12.4. The van der Waals surface area contributed by atoms with Crippen LogP contribution in [0.5, 0.6) is 0 Å². The Bertz CT molecular complexity index is 3190. The van der Waals surface area contributed by atoms with Crippen molar-refractivity contribution in [2.45, 2.75) is 126 Å². The fraction of sp³-hybridized carbons (Fsp3) is 0.500. The lowest BCUT2D eigenvalue weighted by atomic mass is 9.96. The minimum atomic E-state index is -1.40. The molecule has 4 aromatic rings. The molecule has 27 heteroatoms. The lowest BCUT2D eigenvalue weighted by Crippen LogP contribution is -2.65. The van der Waals surface area contributed by atoms with Crippen LogP contribution in [-0.2, 0) is 83.1 Å². The highest BCUT2D eigenvalue weighted by Gasteiger charge is 2.46. The highest BCUT2D eigenvalue weighted by molar-refractivity contribution is 7.07. The van der Waals surface area contributed by atoms with Gasteiger partial charge < -0.3 is 60.1 Å². The number of ether oxygens (including phenoxy) is 2. The van der Waals surface area contributed by atoms with Crippen molar-refractivity contribution in [2.24, 2.45) is 0 Å². The number of benzene rings is 3. The van der Waals surface area contributed by atoms with E-state index >= 15 is 9.59 Å². The molecule has 0 bridgehead atoms. The van der Waals surface area contributed by atoms with E-state index < -0.39 is 132 Å². The number of nitrogens with zero attached hydrogens (tertiary/aromatic N) is 7. The van der Waals surface area contributed by atoms with Gasteiger partial charge in [-0.25, -0.2) is 13.8 Å². The SMILES string of the molecule is COCC[C@@H]1NC(=O)[C@H]2CCCN2C(=O)[C@H](Cc2ccc(F)cc2)N(C)C(=O)[C@H](Cc2ccc(Cl)cc2)NC(=O)[C@@H]2CCN2C(=O)[C@H](Cc2ccc(F)cc2)NC(=O)CN(CCOC)C(=O)[C@@H](C)N(C)C(=O)[C@H](Cc2cscn2)NC(=O)[C@@H]2CCCN2C1=O. The van der Waals surface area contributed by atoms with E-state index in [0.717, 1.165) is 9.80 Å². The van der Waals surface area contributed by atoms with E-state index in [1.807, 2.05) is 0 Å².